The van der Waals surface area contributed by atoms with Gasteiger partial charge in [-0.15, -0.1) is 0 Å². The van der Waals surface area contributed by atoms with E-state index in [1.165, 1.54) is 20.3 Å². The van der Waals surface area contributed by atoms with Gasteiger partial charge in [0.05, 0.1) is 50.6 Å². The van der Waals surface area contributed by atoms with Gasteiger partial charge in [0.15, 0.2) is 0 Å². The predicted molar refractivity (Wildman–Crippen MR) is 114 cm³/mol. The van der Waals surface area contributed by atoms with E-state index in [1.54, 1.807) is 36.1 Å². The topological polar surface area (TPSA) is 120 Å². The summed E-state index contributed by atoms with van der Waals surface area (Å²) in [5, 5.41) is 29.1. The SMILES string of the molecule is COc1ccc(OC)c(-c2c(C)c3ccc(O)c(CN(CC#N)CC#N)c3oc2=O)c1. The van der Waals surface area contributed by atoms with E-state index in [0.29, 0.717) is 39.1 Å². The number of methoxy groups -OCH3 is 2. The molecule has 0 aliphatic heterocycles. The van der Waals surface area contributed by atoms with Crippen LogP contribution in [0.1, 0.15) is 11.1 Å². The average Bonchev–Trinajstić information content (AvgIpc) is 2.76. The first-order valence-corrected chi connectivity index (χ1v) is 9.42. The van der Waals surface area contributed by atoms with E-state index in [1.807, 2.05) is 12.1 Å². The van der Waals surface area contributed by atoms with Crippen molar-refractivity contribution in [2.45, 2.75) is 13.5 Å². The second-order valence-corrected chi connectivity index (χ2v) is 6.86. The van der Waals surface area contributed by atoms with Crippen molar-refractivity contribution < 1.29 is 19.0 Å². The Hall–Kier alpha value is -4.01. The number of phenols is 1. The van der Waals surface area contributed by atoms with Crippen molar-refractivity contribution in [2.75, 3.05) is 27.3 Å². The zero-order valence-corrected chi connectivity index (χ0v) is 17.4. The lowest BCUT2D eigenvalue weighted by atomic mass is 9.97. The van der Waals surface area contributed by atoms with Crippen LogP contribution in [-0.4, -0.2) is 37.3 Å². The van der Waals surface area contributed by atoms with Gasteiger partial charge in [-0.1, -0.05) is 0 Å². The molecular formula is C23H21N3O5. The van der Waals surface area contributed by atoms with E-state index in [2.05, 4.69) is 0 Å². The third-order valence-corrected chi connectivity index (χ3v) is 5.06. The predicted octanol–water partition coefficient (Wildman–Crippen LogP) is 3.34. The molecule has 1 N–H and O–H groups in total. The van der Waals surface area contributed by atoms with Crippen LogP contribution in [-0.2, 0) is 6.54 Å². The molecule has 0 spiro atoms. The lowest BCUT2D eigenvalue weighted by molar-refractivity contribution is 0.326. The summed E-state index contributed by atoms with van der Waals surface area (Å²) in [5.74, 6) is 0.969. The fourth-order valence-electron chi connectivity index (χ4n) is 3.53. The number of hydrogen-bond acceptors (Lipinski definition) is 8. The smallest absolute Gasteiger partial charge is 0.344 e. The molecule has 0 aliphatic carbocycles. The van der Waals surface area contributed by atoms with Crippen LogP contribution in [0.3, 0.4) is 0 Å². The van der Waals surface area contributed by atoms with Gasteiger partial charge in [0.25, 0.3) is 0 Å². The number of fused-ring (bicyclic) bond motifs is 1. The first-order valence-electron chi connectivity index (χ1n) is 9.42. The number of nitriles is 2. The molecular weight excluding hydrogens is 398 g/mol. The van der Waals surface area contributed by atoms with Crippen molar-refractivity contribution in [1.29, 1.82) is 10.5 Å². The zero-order chi connectivity index (χ0) is 22.5. The molecule has 0 saturated heterocycles. The minimum atomic E-state index is -0.601. The van der Waals surface area contributed by atoms with Gasteiger partial charge in [-0.25, -0.2) is 4.79 Å². The molecule has 1 heterocycles. The molecule has 0 unspecified atom stereocenters. The Morgan fingerprint density at radius 2 is 1.81 bits per heavy atom. The Kier molecular flexibility index (Phi) is 6.44. The van der Waals surface area contributed by atoms with Gasteiger partial charge >= 0.3 is 5.63 Å². The molecule has 158 valence electrons. The zero-order valence-electron chi connectivity index (χ0n) is 17.4. The quantitative estimate of drug-likeness (QED) is 0.457. The second-order valence-electron chi connectivity index (χ2n) is 6.86. The highest BCUT2D eigenvalue weighted by molar-refractivity contribution is 5.91. The normalized spacial score (nSPS) is 10.6. The Morgan fingerprint density at radius 1 is 1.10 bits per heavy atom. The third kappa shape index (κ3) is 4.16. The van der Waals surface area contributed by atoms with E-state index in [0.717, 1.165) is 0 Å². The number of aromatic hydroxyl groups is 1. The number of phenolic OH excluding ortho intramolecular Hbond substituents is 1. The van der Waals surface area contributed by atoms with Crippen LogP contribution in [0.4, 0.5) is 0 Å². The number of ether oxygens (including phenoxy) is 2. The summed E-state index contributed by atoms with van der Waals surface area (Å²) in [6.07, 6.45) is 0. The van der Waals surface area contributed by atoms with Crippen molar-refractivity contribution >= 4 is 11.0 Å². The Balaban J connectivity index is 2.25. The highest BCUT2D eigenvalue weighted by Gasteiger charge is 2.21. The molecule has 0 aliphatic rings. The Bertz CT molecular complexity index is 1250. The van der Waals surface area contributed by atoms with E-state index in [4.69, 9.17) is 24.4 Å². The largest absolute Gasteiger partial charge is 0.507 e. The van der Waals surface area contributed by atoms with Crippen LogP contribution in [0.5, 0.6) is 17.2 Å². The Labute approximate surface area is 179 Å². The number of benzene rings is 2. The van der Waals surface area contributed by atoms with Crippen molar-refractivity contribution in [2.24, 2.45) is 0 Å². The summed E-state index contributed by atoms with van der Waals surface area (Å²) < 4.78 is 16.4. The van der Waals surface area contributed by atoms with Gasteiger partial charge in [0, 0.05) is 17.5 Å². The van der Waals surface area contributed by atoms with Gasteiger partial charge in [-0.3, -0.25) is 4.90 Å². The molecule has 3 aromatic rings. The van der Waals surface area contributed by atoms with Crippen molar-refractivity contribution in [3.63, 3.8) is 0 Å². The van der Waals surface area contributed by atoms with Gasteiger partial charge in [-0.2, -0.15) is 10.5 Å². The fourth-order valence-corrected chi connectivity index (χ4v) is 3.53. The highest BCUT2D eigenvalue weighted by Crippen LogP contribution is 2.37. The number of hydrogen-bond donors (Lipinski definition) is 1. The molecule has 0 amide bonds. The lowest BCUT2D eigenvalue weighted by Gasteiger charge is -2.18. The summed E-state index contributed by atoms with van der Waals surface area (Å²) in [6.45, 7) is 1.85. The molecule has 2 aromatic carbocycles. The van der Waals surface area contributed by atoms with Crippen molar-refractivity contribution in [1.82, 2.24) is 4.90 Å². The second kappa shape index (κ2) is 9.21. The van der Waals surface area contributed by atoms with Gasteiger partial charge in [0.2, 0.25) is 0 Å². The summed E-state index contributed by atoms with van der Waals surface area (Å²) in [7, 11) is 3.04. The Morgan fingerprint density at radius 3 is 2.42 bits per heavy atom. The number of nitrogens with zero attached hydrogens (tertiary/aromatic N) is 3. The number of aryl methyl sites for hydroxylation is 1. The summed E-state index contributed by atoms with van der Waals surface area (Å²) in [5.41, 5.74) is 1.45. The lowest BCUT2D eigenvalue weighted by Crippen LogP contribution is -2.24. The molecule has 0 radical (unpaired) electrons. The van der Waals surface area contributed by atoms with Crippen LogP contribution in [0, 0.1) is 29.6 Å². The van der Waals surface area contributed by atoms with Crippen molar-refractivity contribution in [3.8, 4) is 40.5 Å². The van der Waals surface area contributed by atoms with Crippen LogP contribution in [0.2, 0.25) is 0 Å². The molecule has 0 fully saturated rings. The van der Waals surface area contributed by atoms with Crippen LogP contribution < -0.4 is 15.1 Å². The first-order chi connectivity index (χ1) is 14.9. The minimum absolute atomic E-state index is 0.00824. The molecule has 1 aromatic heterocycles. The summed E-state index contributed by atoms with van der Waals surface area (Å²) in [6, 6.07) is 12.3. The first kappa shape index (κ1) is 21.7. The van der Waals surface area contributed by atoms with Crippen molar-refractivity contribution in [3.05, 3.63) is 51.9 Å². The monoisotopic (exact) mass is 419 g/mol. The fraction of sp³-hybridized carbons (Fsp3) is 0.261. The molecule has 8 nitrogen and oxygen atoms in total. The molecule has 3 rings (SSSR count). The molecule has 0 saturated carbocycles. The van der Waals surface area contributed by atoms with Gasteiger partial charge in [-0.05, 0) is 42.8 Å². The van der Waals surface area contributed by atoms with Crippen LogP contribution in [0.25, 0.3) is 22.1 Å². The van der Waals surface area contributed by atoms with Crippen LogP contribution >= 0.6 is 0 Å². The van der Waals surface area contributed by atoms with Gasteiger partial charge < -0.3 is 19.0 Å². The number of rotatable bonds is 7. The van der Waals surface area contributed by atoms with E-state index in [9.17, 15) is 9.90 Å². The third-order valence-electron chi connectivity index (χ3n) is 5.06. The summed E-state index contributed by atoms with van der Waals surface area (Å²) in [4.78, 5) is 14.6. The summed E-state index contributed by atoms with van der Waals surface area (Å²) >= 11 is 0. The van der Waals surface area contributed by atoms with E-state index < -0.39 is 5.63 Å². The van der Waals surface area contributed by atoms with Crippen LogP contribution in [0.15, 0.2) is 39.5 Å². The molecule has 0 bridgehead atoms. The maximum atomic E-state index is 13.1. The standard InChI is InChI=1S/C23H21N3O5/c1-14-16-5-6-19(27)18(13-26(10-8-24)11-9-25)22(16)31-23(28)21(14)17-12-15(29-2)4-7-20(17)30-3/h4-7,12,27H,10-11,13H2,1-3H3. The molecule has 8 heteroatoms. The van der Waals surface area contributed by atoms with Gasteiger partial charge in [0.1, 0.15) is 22.8 Å². The maximum Gasteiger partial charge on any atom is 0.344 e. The minimum Gasteiger partial charge on any atom is -0.507 e. The van der Waals surface area contributed by atoms with E-state index >= 15 is 0 Å². The molecule has 31 heavy (non-hydrogen) atoms. The molecule has 0 atom stereocenters. The highest BCUT2D eigenvalue weighted by atomic mass is 16.5. The maximum absolute atomic E-state index is 13.1. The average molecular weight is 419 g/mol. The van der Waals surface area contributed by atoms with E-state index in [-0.39, 0.29) is 31.0 Å².